The summed E-state index contributed by atoms with van der Waals surface area (Å²) >= 11 is 0. The van der Waals surface area contributed by atoms with E-state index in [1.807, 2.05) is 17.0 Å². The second-order valence-electron chi connectivity index (χ2n) is 7.04. The summed E-state index contributed by atoms with van der Waals surface area (Å²) in [7, 11) is 2.20. The fraction of sp³-hybridized carbons (Fsp3) is 0.611. The lowest BCUT2D eigenvalue weighted by atomic mass is 9.77. The maximum Gasteiger partial charge on any atom is 0.222 e. The maximum absolute atomic E-state index is 12.4. The number of benzene rings is 1. The average molecular weight is 302 g/mol. The van der Waals surface area contributed by atoms with E-state index < -0.39 is 0 Å². The van der Waals surface area contributed by atoms with Crippen LogP contribution >= 0.6 is 0 Å². The summed E-state index contributed by atoms with van der Waals surface area (Å²) in [5.41, 5.74) is 1.58. The van der Waals surface area contributed by atoms with Gasteiger partial charge < -0.3 is 14.9 Å². The van der Waals surface area contributed by atoms with Crippen molar-refractivity contribution in [1.29, 1.82) is 0 Å². The zero-order valence-electron chi connectivity index (χ0n) is 13.4. The molecular formula is C18H26N2O2. The standard InChI is InChI=1S/C18H26N2O2/c1-19-11-8-18(14-19)9-12-20(13-10-18)17(22)7-4-15-2-5-16(21)6-3-15/h2-3,5-6,21H,4,7-14H2,1H3. The molecule has 0 aliphatic carbocycles. The molecule has 1 spiro atoms. The number of piperidine rings is 1. The first-order valence-electron chi connectivity index (χ1n) is 8.31. The van der Waals surface area contributed by atoms with Crippen molar-refractivity contribution in [3.8, 4) is 5.75 Å². The Morgan fingerprint density at radius 3 is 2.36 bits per heavy atom. The van der Waals surface area contributed by atoms with Crippen molar-refractivity contribution >= 4 is 5.91 Å². The molecule has 2 saturated heterocycles. The first-order chi connectivity index (χ1) is 10.6. The summed E-state index contributed by atoms with van der Waals surface area (Å²) in [6, 6.07) is 7.15. The van der Waals surface area contributed by atoms with Crippen LogP contribution in [0, 0.1) is 5.41 Å². The van der Waals surface area contributed by atoms with Crippen molar-refractivity contribution in [2.75, 3.05) is 33.2 Å². The molecule has 3 rings (SSSR count). The Hall–Kier alpha value is -1.55. The number of nitrogens with zero attached hydrogens (tertiary/aromatic N) is 2. The van der Waals surface area contributed by atoms with Gasteiger partial charge in [-0.25, -0.2) is 0 Å². The van der Waals surface area contributed by atoms with Gasteiger partial charge in [0.2, 0.25) is 5.91 Å². The number of carbonyl (C=O) groups is 1. The third-order valence-corrected chi connectivity index (χ3v) is 5.37. The molecule has 0 unspecified atom stereocenters. The first-order valence-corrected chi connectivity index (χ1v) is 8.31. The molecule has 2 heterocycles. The van der Waals surface area contributed by atoms with E-state index in [0.717, 1.165) is 37.9 Å². The van der Waals surface area contributed by atoms with Gasteiger partial charge in [-0.1, -0.05) is 12.1 Å². The third kappa shape index (κ3) is 3.43. The average Bonchev–Trinajstić information content (AvgIpc) is 2.88. The minimum absolute atomic E-state index is 0.272. The Balaban J connectivity index is 1.47. The fourth-order valence-corrected chi connectivity index (χ4v) is 3.87. The summed E-state index contributed by atoms with van der Waals surface area (Å²) < 4.78 is 0. The highest BCUT2D eigenvalue weighted by Gasteiger charge is 2.39. The second-order valence-corrected chi connectivity index (χ2v) is 7.04. The van der Waals surface area contributed by atoms with E-state index in [1.165, 1.54) is 19.5 Å². The number of aryl methyl sites for hydroxylation is 1. The molecule has 0 atom stereocenters. The monoisotopic (exact) mass is 302 g/mol. The molecule has 0 radical (unpaired) electrons. The van der Waals surface area contributed by atoms with Crippen molar-refractivity contribution in [2.45, 2.75) is 32.1 Å². The minimum atomic E-state index is 0.272. The molecule has 120 valence electrons. The van der Waals surface area contributed by atoms with E-state index in [-0.39, 0.29) is 11.7 Å². The topological polar surface area (TPSA) is 43.8 Å². The maximum atomic E-state index is 12.4. The van der Waals surface area contributed by atoms with Gasteiger partial charge in [0.1, 0.15) is 5.75 Å². The minimum Gasteiger partial charge on any atom is -0.508 e. The van der Waals surface area contributed by atoms with E-state index in [4.69, 9.17) is 0 Å². The van der Waals surface area contributed by atoms with E-state index in [9.17, 15) is 9.90 Å². The van der Waals surface area contributed by atoms with E-state index in [1.54, 1.807) is 12.1 Å². The van der Waals surface area contributed by atoms with Crippen LogP contribution in [0.25, 0.3) is 0 Å². The van der Waals surface area contributed by atoms with E-state index in [0.29, 0.717) is 11.8 Å². The molecule has 1 aromatic rings. The van der Waals surface area contributed by atoms with Crippen molar-refractivity contribution in [3.63, 3.8) is 0 Å². The van der Waals surface area contributed by atoms with E-state index >= 15 is 0 Å². The zero-order chi connectivity index (χ0) is 15.6. The molecule has 0 bridgehead atoms. The molecule has 2 aliphatic heterocycles. The SMILES string of the molecule is CN1CCC2(CCN(C(=O)CCc3ccc(O)cc3)CC2)C1. The van der Waals surface area contributed by atoms with Gasteiger partial charge in [-0.05, 0) is 62.4 Å². The summed E-state index contributed by atoms with van der Waals surface area (Å²) in [5, 5.41) is 9.28. The smallest absolute Gasteiger partial charge is 0.222 e. The predicted octanol–water partition coefficient (Wildman–Crippen LogP) is 2.27. The summed E-state index contributed by atoms with van der Waals surface area (Å²) in [4.78, 5) is 16.8. The zero-order valence-corrected chi connectivity index (χ0v) is 13.4. The molecule has 4 heteroatoms. The van der Waals surface area contributed by atoms with Gasteiger partial charge in [0.15, 0.2) is 0 Å². The molecule has 1 aromatic carbocycles. The highest BCUT2D eigenvalue weighted by atomic mass is 16.3. The number of phenols is 1. The van der Waals surface area contributed by atoms with Crippen molar-refractivity contribution in [3.05, 3.63) is 29.8 Å². The van der Waals surface area contributed by atoms with Crippen LogP contribution in [-0.4, -0.2) is 54.0 Å². The molecule has 0 aromatic heterocycles. The number of carbonyl (C=O) groups excluding carboxylic acids is 1. The highest BCUT2D eigenvalue weighted by Crippen LogP contribution is 2.39. The lowest BCUT2D eigenvalue weighted by Crippen LogP contribution is -2.44. The lowest BCUT2D eigenvalue weighted by molar-refractivity contribution is -0.133. The van der Waals surface area contributed by atoms with Crippen molar-refractivity contribution < 1.29 is 9.90 Å². The Morgan fingerprint density at radius 2 is 1.77 bits per heavy atom. The van der Waals surface area contributed by atoms with Gasteiger partial charge in [-0.15, -0.1) is 0 Å². The van der Waals surface area contributed by atoms with Crippen molar-refractivity contribution in [2.24, 2.45) is 5.41 Å². The van der Waals surface area contributed by atoms with Gasteiger partial charge in [0, 0.05) is 26.1 Å². The van der Waals surface area contributed by atoms with Gasteiger partial charge in [-0.2, -0.15) is 0 Å². The number of hydrogen-bond donors (Lipinski definition) is 1. The number of phenolic OH excluding ortho intramolecular Hbond substituents is 1. The molecule has 2 aliphatic rings. The van der Waals surface area contributed by atoms with Gasteiger partial charge in [0.25, 0.3) is 0 Å². The number of rotatable bonds is 3. The largest absolute Gasteiger partial charge is 0.508 e. The third-order valence-electron chi connectivity index (χ3n) is 5.37. The van der Waals surface area contributed by atoms with Crippen LogP contribution in [0.15, 0.2) is 24.3 Å². The van der Waals surface area contributed by atoms with Gasteiger partial charge in [0.05, 0.1) is 0 Å². The van der Waals surface area contributed by atoms with Crippen LogP contribution in [0.3, 0.4) is 0 Å². The second kappa shape index (κ2) is 6.29. The van der Waals surface area contributed by atoms with Crippen LogP contribution in [0.1, 0.15) is 31.2 Å². The molecule has 1 N–H and O–H groups in total. The first kappa shape index (κ1) is 15.3. The molecule has 2 fully saturated rings. The Kier molecular flexibility index (Phi) is 4.39. The van der Waals surface area contributed by atoms with Gasteiger partial charge in [-0.3, -0.25) is 4.79 Å². The summed E-state index contributed by atoms with van der Waals surface area (Å²) in [5.74, 6) is 0.548. The quantitative estimate of drug-likeness (QED) is 0.931. The normalized spacial score (nSPS) is 21.4. The van der Waals surface area contributed by atoms with Crippen LogP contribution in [0.4, 0.5) is 0 Å². The molecule has 0 saturated carbocycles. The van der Waals surface area contributed by atoms with Crippen LogP contribution in [-0.2, 0) is 11.2 Å². The highest BCUT2D eigenvalue weighted by molar-refractivity contribution is 5.76. The number of likely N-dealkylation sites (tertiary alicyclic amines) is 2. The summed E-state index contributed by atoms with van der Waals surface area (Å²) in [6.45, 7) is 4.24. The van der Waals surface area contributed by atoms with Gasteiger partial charge >= 0.3 is 0 Å². The Morgan fingerprint density at radius 1 is 1.14 bits per heavy atom. The lowest BCUT2D eigenvalue weighted by Gasteiger charge is -2.39. The number of hydrogen-bond acceptors (Lipinski definition) is 3. The van der Waals surface area contributed by atoms with E-state index in [2.05, 4.69) is 11.9 Å². The Labute approximate surface area is 132 Å². The molecule has 1 amide bonds. The van der Waals surface area contributed by atoms with Crippen LogP contribution in [0.5, 0.6) is 5.75 Å². The fourth-order valence-electron chi connectivity index (χ4n) is 3.87. The summed E-state index contributed by atoms with van der Waals surface area (Å²) in [6.07, 6.45) is 4.92. The van der Waals surface area contributed by atoms with Crippen LogP contribution in [0.2, 0.25) is 0 Å². The van der Waals surface area contributed by atoms with Crippen LogP contribution < -0.4 is 0 Å². The number of amides is 1. The molecule has 22 heavy (non-hydrogen) atoms. The molecule has 4 nitrogen and oxygen atoms in total. The van der Waals surface area contributed by atoms with Crippen molar-refractivity contribution in [1.82, 2.24) is 9.80 Å². The number of aromatic hydroxyl groups is 1. The predicted molar refractivity (Wildman–Crippen MR) is 86.8 cm³/mol. The molecular weight excluding hydrogens is 276 g/mol. The Bertz CT molecular complexity index is 518.